The Hall–Kier alpha value is -3.53. The first-order chi connectivity index (χ1) is 13.3. The smallest absolute Gasteiger partial charge is 0.161 e. The van der Waals surface area contributed by atoms with Crippen LogP contribution in [0.15, 0.2) is 77.8 Å². The number of fused-ring (bicyclic) bond motifs is 1. The molecule has 27 heavy (non-hydrogen) atoms. The van der Waals surface area contributed by atoms with Gasteiger partial charge >= 0.3 is 0 Å². The third kappa shape index (κ3) is 3.29. The van der Waals surface area contributed by atoms with Crippen LogP contribution in [0, 0.1) is 0 Å². The van der Waals surface area contributed by atoms with E-state index in [-0.39, 0.29) is 0 Å². The minimum Gasteiger partial charge on any atom is -0.493 e. The van der Waals surface area contributed by atoms with E-state index >= 15 is 0 Å². The van der Waals surface area contributed by atoms with Crippen molar-refractivity contribution in [3.8, 4) is 22.8 Å². The van der Waals surface area contributed by atoms with Gasteiger partial charge in [-0.15, -0.1) is 0 Å². The van der Waals surface area contributed by atoms with Gasteiger partial charge in [0.05, 0.1) is 25.6 Å². The molecule has 1 N–H and O–H groups in total. The van der Waals surface area contributed by atoms with Gasteiger partial charge in [-0.1, -0.05) is 48.5 Å². The van der Waals surface area contributed by atoms with Crippen molar-refractivity contribution in [2.45, 2.75) is 0 Å². The summed E-state index contributed by atoms with van der Waals surface area (Å²) in [6.07, 6.45) is 1.85. The number of para-hydroxylation sites is 1. The van der Waals surface area contributed by atoms with Gasteiger partial charge in [0.1, 0.15) is 0 Å². The first-order valence-corrected chi connectivity index (χ1v) is 8.72. The highest BCUT2D eigenvalue weighted by molar-refractivity contribution is 6.01. The first-order valence-electron chi connectivity index (χ1n) is 8.72. The molecule has 4 nitrogen and oxygen atoms in total. The normalized spacial score (nSPS) is 11.2. The number of benzene rings is 3. The first kappa shape index (κ1) is 16.9. The summed E-state index contributed by atoms with van der Waals surface area (Å²) in [5.41, 5.74) is 5.04. The van der Waals surface area contributed by atoms with Gasteiger partial charge in [-0.3, -0.25) is 4.99 Å². The maximum atomic E-state index is 5.38. The highest BCUT2D eigenvalue weighted by Crippen LogP contribution is 2.37. The summed E-state index contributed by atoms with van der Waals surface area (Å²) >= 11 is 0. The molecule has 0 saturated heterocycles. The fraction of sp³-hybridized carbons (Fsp3) is 0.0870. The van der Waals surface area contributed by atoms with Crippen molar-refractivity contribution in [1.29, 1.82) is 0 Å². The number of ether oxygens (including phenoxy) is 2. The zero-order valence-electron chi connectivity index (χ0n) is 15.3. The molecule has 0 saturated carbocycles. The predicted octanol–water partition coefficient (Wildman–Crippen LogP) is 5.60. The number of nitrogens with one attached hydrogen (secondary N) is 1. The van der Waals surface area contributed by atoms with Gasteiger partial charge in [0.25, 0.3) is 0 Å². The van der Waals surface area contributed by atoms with Gasteiger partial charge in [-0.2, -0.15) is 0 Å². The molecule has 0 spiro atoms. The molecule has 0 aliphatic rings. The fourth-order valence-electron chi connectivity index (χ4n) is 3.15. The number of rotatable bonds is 5. The molecule has 1 heterocycles. The number of aromatic nitrogens is 1. The van der Waals surface area contributed by atoms with E-state index in [1.807, 2.05) is 54.7 Å². The van der Waals surface area contributed by atoms with Crippen molar-refractivity contribution in [2.24, 2.45) is 4.99 Å². The third-order valence-electron chi connectivity index (χ3n) is 4.49. The summed E-state index contributed by atoms with van der Waals surface area (Å²) in [5, 5.41) is 1.09. The zero-order chi connectivity index (χ0) is 18.6. The summed E-state index contributed by atoms with van der Waals surface area (Å²) in [6.45, 7) is 0. The second kappa shape index (κ2) is 7.38. The Morgan fingerprint density at radius 3 is 2.33 bits per heavy atom. The van der Waals surface area contributed by atoms with Crippen LogP contribution >= 0.6 is 0 Å². The van der Waals surface area contributed by atoms with Crippen LogP contribution in [-0.2, 0) is 0 Å². The van der Waals surface area contributed by atoms with E-state index in [2.05, 4.69) is 29.2 Å². The topological polar surface area (TPSA) is 46.6 Å². The van der Waals surface area contributed by atoms with Crippen molar-refractivity contribution in [1.82, 2.24) is 4.98 Å². The molecule has 4 heteroatoms. The van der Waals surface area contributed by atoms with E-state index in [4.69, 9.17) is 14.5 Å². The Morgan fingerprint density at radius 1 is 0.815 bits per heavy atom. The van der Waals surface area contributed by atoms with Gasteiger partial charge in [-0.25, -0.2) is 0 Å². The van der Waals surface area contributed by atoms with Crippen LogP contribution < -0.4 is 9.47 Å². The summed E-state index contributed by atoms with van der Waals surface area (Å²) in [7, 11) is 3.26. The number of aliphatic imine (C=N–C) groups is 1. The van der Waals surface area contributed by atoms with Crippen LogP contribution in [-0.4, -0.2) is 25.4 Å². The highest BCUT2D eigenvalue weighted by Gasteiger charge is 2.12. The molecule has 0 aliphatic heterocycles. The van der Waals surface area contributed by atoms with Crippen LogP contribution in [0.25, 0.3) is 22.2 Å². The predicted molar refractivity (Wildman–Crippen MR) is 111 cm³/mol. The van der Waals surface area contributed by atoms with Crippen LogP contribution in [0.5, 0.6) is 11.5 Å². The monoisotopic (exact) mass is 356 g/mol. The van der Waals surface area contributed by atoms with E-state index in [1.165, 1.54) is 0 Å². The highest BCUT2D eigenvalue weighted by atomic mass is 16.5. The SMILES string of the molecule is COc1ccc(C=Nc2c(-c3ccccc3)[nH]c3ccccc23)cc1OC. The zero-order valence-corrected chi connectivity index (χ0v) is 15.3. The quantitative estimate of drug-likeness (QED) is 0.473. The second-order valence-electron chi connectivity index (χ2n) is 6.13. The maximum Gasteiger partial charge on any atom is 0.161 e. The lowest BCUT2D eigenvalue weighted by Crippen LogP contribution is -1.92. The number of hydrogen-bond acceptors (Lipinski definition) is 3. The minimum absolute atomic E-state index is 0.684. The lowest BCUT2D eigenvalue weighted by molar-refractivity contribution is 0.355. The summed E-state index contributed by atoms with van der Waals surface area (Å²) in [5.74, 6) is 1.38. The summed E-state index contributed by atoms with van der Waals surface area (Å²) < 4.78 is 10.7. The lowest BCUT2D eigenvalue weighted by Gasteiger charge is -2.07. The summed E-state index contributed by atoms with van der Waals surface area (Å²) in [6, 6.07) is 24.2. The Morgan fingerprint density at radius 2 is 1.56 bits per heavy atom. The van der Waals surface area contributed by atoms with Gasteiger partial charge < -0.3 is 14.5 Å². The number of H-pyrrole nitrogens is 1. The number of aromatic amines is 1. The maximum absolute atomic E-state index is 5.38. The lowest BCUT2D eigenvalue weighted by atomic mass is 10.1. The Labute approximate surface area is 158 Å². The summed E-state index contributed by atoms with van der Waals surface area (Å²) in [4.78, 5) is 8.32. The Balaban J connectivity index is 1.80. The Bertz CT molecular complexity index is 1100. The molecule has 0 radical (unpaired) electrons. The molecule has 1 aromatic heterocycles. The van der Waals surface area contributed by atoms with E-state index in [0.29, 0.717) is 11.5 Å². The van der Waals surface area contributed by atoms with Crippen molar-refractivity contribution >= 4 is 22.8 Å². The van der Waals surface area contributed by atoms with Crippen molar-refractivity contribution in [3.63, 3.8) is 0 Å². The number of hydrogen-bond donors (Lipinski definition) is 1. The molecule has 0 bridgehead atoms. The van der Waals surface area contributed by atoms with Gasteiger partial charge in [0.2, 0.25) is 0 Å². The average Bonchev–Trinajstić information content (AvgIpc) is 3.11. The van der Waals surface area contributed by atoms with Crippen LogP contribution in [0.2, 0.25) is 0 Å². The van der Waals surface area contributed by atoms with Crippen LogP contribution in [0.1, 0.15) is 5.56 Å². The largest absolute Gasteiger partial charge is 0.493 e. The molecule has 0 unspecified atom stereocenters. The van der Waals surface area contributed by atoms with Gasteiger partial charge in [0, 0.05) is 22.7 Å². The second-order valence-corrected chi connectivity index (χ2v) is 6.13. The van der Waals surface area contributed by atoms with Crippen LogP contribution in [0.4, 0.5) is 5.69 Å². The van der Waals surface area contributed by atoms with E-state index in [9.17, 15) is 0 Å². The fourth-order valence-corrected chi connectivity index (χ4v) is 3.15. The van der Waals surface area contributed by atoms with Crippen molar-refractivity contribution in [2.75, 3.05) is 14.2 Å². The van der Waals surface area contributed by atoms with Crippen LogP contribution in [0.3, 0.4) is 0 Å². The molecular weight excluding hydrogens is 336 g/mol. The van der Waals surface area contributed by atoms with Crippen molar-refractivity contribution in [3.05, 3.63) is 78.4 Å². The molecule has 4 rings (SSSR count). The standard InChI is InChI=1S/C23H20N2O2/c1-26-20-13-12-16(14-21(20)27-2)15-24-23-18-10-6-7-11-19(18)25-22(23)17-8-4-3-5-9-17/h3-15,25H,1-2H3. The Kier molecular flexibility index (Phi) is 4.62. The number of methoxy groups -OCH3 is 2. The average molecular weight is 356 g/mol. The van der Waals surface area contributed by atoms with E-state index in [0.717, 1.165) is 33.4 Å². The molecular formula is C23H20N2O2. The molecule has 134 valence electrons. The van der Waals surface area contributed by atoms with E-state index < -0.39 is 0 Å². The third-order valence-corrected chi connectivity index (χ3v) is 4.49. The molecule has 4 aromatic rings. The number of nitrogens with zero attached hydrogens (tertiary/aromatic N) is 1. The van der Waals surface area contributed by atoms with Gasteiger partial charge in [-0.05, 0) is 29.8 Å². The van der Waals surface area contributed by atoms with E-state index in [1.54, 1.807) is 14.2 Å². The molecule has 0 aliphatic carbocycles. The van der Waals surface area contributed by atoms with Gasteiger partial charge in [0.15, 0.2) is 11.5 Å². The molecule has 0 fully saturated rings. The molecule has 0 amide bonds. The molecule has 3 aromatic carbocycles. The minimum atomic E-state index is 0.684. The van der Waals surface area contributed by atoms with Crippen molar-refractivity contribution < 1.29 is 9.47 Å². The molecule has 0 atom stereocenters.